The van der Waals surface area contributed by atoms with Crippen molar-refractivity contribution in [1.29, 1.82) is 0 Å². The van der Waals surface area contributed by atoms with E-state index in [-0.39, 0.29) is 5.82 Å². The molecule has 0 amide bonds. The summed E-state index contributed by atoms with van der Waals surface area (Å²) in [6.07, 6.45) is 2.65. The van der Waals surface area contributed by atoms with Gasteiger partial charge in [0.1, 0.15) is 5.82 Å². The van der Waals surface area contributed by atoms with Crippen LogP contribution in [-0.4, -0.2) is 41.4 Å². The van der Waals surface area contributed by atoms with E-state index in [1.165, 1.54) is 17.7 Å². The molecule has 1 N–H and O–H groups in total. The fourth-order valence-electron chi connectivity index (χ4n) is 3.28. The van der Waals surface area contributed by atoms with Gasteiger partial charge in [0.15, 0.2) is 5.82 Å². The third-order valence-corrected chi connectivity index (χ3v) is 4.94. The molecular weight excluding hydrogens is 355 g/mol. The SMILES string of the molecule is CCc1ccc(Nc2cnnc(N3CCN(c4ccc(F)cc4)CC3)n2)cc1. The fraction of sp³-hybridized carbons (Fsp3) is 0.286. The zero-order chi connectivity index (χ0) is 19.3. The minimum absolute atomic E-state index is 0.212. The highest BCUT2D eigenvalue weighted by molar-refractivity contribution is 5.57. The fourth-order valence-corrected chi connectivity index (χ4v) is 3.28. The smallest absolute Gasteiger partial charge is 0.247 e. The van der Waals surface area contributed by atoms with E-state index >= 15 is 0 Å². The molecule has 1 aliphatic heterocycles. The topological polar surface area (TPSA) is 57.2 Å². The van der Waals surface area contributed by atoms with E-state index in [1.807, 2.05) is 24.3 Å². The second-order valence-electron chi connectivity index (χ2n) is 6.77. The molecule has 0 radical (unpaired) electrons. The van der Waals surface area contributed by atoms with E-state index in [1.54, 1.807) is 6.20 Å². The summed E-state index contributed by atoms with van der Waals surface area (Å²) >= 11 is 0. The van der Waals surface area contributed by atoms with Crippen LogP contribution < -0.4 is 15.1 Å². The summed E-state index contributed by atoms with van der Waals surface area (Å²) in [6.45, 7) is 5.36. The van der Waals surface area contributed by atoms with Crippen LogP contribution in [0.15, 0.2) is 54.7 Å². The number of nitrogens with zero attached hydrogens (tertiary/aromatic N) is 5. The van der Waals surface area contributed by atoms with Crippen LogP contribution in [0.25, 0.3) is 0 Å². The van der Waals surface area contributed by atoms with Crippen LogP contribution in [-0.2, 0) is 6.42 Å². The van der Waals surface area contributed by atoms with Crippen molar-refractivity contribution in [3.8, 4) is 0 Å². The second-order valence-corrected chi connectivity index (χ2v) is 6.77. The Kier molecular flexibility index (Phi) is 5.32. The van der Waals surface area contributed by atoms with Crippen molar-refractivity contribution in [1.82, 2.24) is 15.2 Å². The van der Waals surface area contributed by atoms with Crippen LogP contribution >= 0.6 is 0 Å². The lowest BCUT2D eigenvalue weighted by Crippen LogP contribution is -2.47. The van der Waals surface area contributed by atoms with E-state index in [0.717, 1.165) is 44.0 Å². The summed E-state index contributed by atoms with van der Waals surface area (Å²) < 4.78 is 13.1. The Morgan fingerprint density at radius 1 is 0.929 bits per heavy atom. The van der Waals surface area contributed by atoms with Crippen LogP contribution in [0, 0.1) is 5.82 Å². The summed E-state index contributed by atoms with van der Waals surface area (Å²) in [5.74, 6) is 1.08. The molecule has 4 rings (SSSR count). The summed E-state index contributed by atoms with van der Waals surface area (Å²) in [4.78, 5) is 8.98. The van der Waals surface area contributed by atoms with Gasteiger partial charge in [0.25, 0.3) is 0 Å². The molecule has 0 atom stereocenters. The first-order valence-corrected chi connectivity index (χ1v) is 9.52. The maximum absolute atomic E-state index is 13.1. The van der Waals surface area contributed by atoms with Gasteiger partial charge in [0.05, 0.1) is 6.20 Å². The Labute approximate surface area is 164 Å². The van der Waals surface area contributed by atoms with Crippen LogP contribution in [0.1, 0.15) is 12.5 Å². The van der Waals surface area contributed by atoms with Gasteiger partial charge in [-0.25, -0.2) is 4.39 Å². The highest BCUT2D eigenvalue weighted by atomic mass is 19.1. The van der Waals surface area contributed by atoms with Crippen molar-refractivity contribution in [3.05, 3.63) is 66.1 Å². The summed E-state index contributed by atoms with van der Waals surface area (Å²) in [7, 11) is 0. The lowest BCUT2D eigenvalue weighted by Gasteiger charge is -2.35. The molecule has 7 heteroatoms. The molecule has 144 valence electrons. The van der Waals surface area contributed by atoms with Gasteiger partial charge in [-0.3, -0.25) is 0 Å². The number of halogens is 1. The Morgan fingerprint density at radius 3 is 2.29 bits per heavy atom. The molecule has 2 heterocycles. The first-order chi connectivity index (χ1) is 13.7. The van der Waals surface area contributed by atoms with E-state index in [4.69, 9.17) is 0 Å². The normalized spacial score (nSPS) is 14.2. The van der Waals surface area contributed by atoms with Crippen LogP contribution in [0.4, 0.5) is 27.5 Å². The standard InChI is InChI=1S/C21H23FN6/c1-2-16-3-7-18(8-4-16)24-20-15-23-26-21(25-20)28-13-11-27(12-14-28)19-9-5-17(22)6-10-19/h3-10,15H,2,11-14H2,1H3,(H,24,25,26). The Hall–Kier alpha value is -3.22. The van der Waals surface area contributed by atoms with Crippen molar-refractivity contribution < 1.29 is 4.39 Å². The van der Waals surface area contributed by atoms with E-state index in [0.29, 0.717) is 11.8 Å². The van der Waals surface area contributed by atoms with Crippen molar-refractivity contribution >= 4 is 23.1 Å². The van der Waals surface area contributed by atoms with Gasteiger partial charge >= 0.3 is 0 Å². The van der Waals surface area contributed by atoms with Crippen molar-refractivity contribution in [2.24, 2.45) is 0 Å². The van der Waals surface area contributed by atoms with Gasteiger partial charge in [0, 0.05) is 37.6 Å². The maximum atomic E-state index is 13.1. The van der Waals surface area contributed by atoms with Crippen molar-refractivity contribution in [3.63, 3.8) is 0 Å². The van der Waals surface area contributed by atoms with Gasteiger partial charge in [-0.15, -0.1) is 5.10 Å². The highest BCUT2D eigenvalue weighted by Gasteiger charge is 2.20. The number of aryl methyl sites for hydroxylation is 1. The Bertz CT molecular complexity index is 905. The predicted octanol–water partition coefficient (Wildman–Crippen LogP) is 3.64. The van der Waals surface area contributed by atoms with Crippen LogP contribution in [0.3, 0.4) is 0 Å². The molecule has 0 bridgehead atoms. The zero-order valence-corrected chi connectivity index (χ0v) is 15.8. The highest BCUT2D eigenvalue weighted by Crippen LogP contribution is 2.20. The number of rotatable bonds is 5. The molecule has 3 aromatic rings. The molecule has 6 nitrogen and oxygen atoms in total. The first kappa shape index (κ1) is 18.2. The summed E-state index contributed by atoms with van der Waals surface area (Å²) in [5, 5.41) is 11.6. The maximum Gasteiger partial charge on any atom is 0.247 e. The number of hydrogen-bond donors (Lipinski definition) is 1. The molecule has 0 unspecified atom stereocenters. The van der Waals surface area contributed by atoms with Crippen LogP contribution in [0.5, 0.6) is 0 Å². The van der Waals surface area contributed by atoms with Gasteiger partial charge < -0.3 is 15.1 Å². The predicted molar refractivity (Wildman–Crippen MR) is 110 cm³/mol. The van der Waals surface area contributed by atoms with Crippen molar-refractivity contribution in [2.45, 2.75) is 13.3 Å². The van der Waals surface area contributed by atoms with Gasteiger partial charge in [-0.05, 0) is 48.4 Å². The average Bonchev–Trinajstić information content (AvgIpc) is 2.75. The molecular formula is C21H23FN6. The zero-order valence-electron chi connectivity index (χ0n) is 15.8. The Balaban J connectivity index is 1.40. The molecule has 1 aromatic heterocycles. The number of hydrogen-bond acceptors (Lipinski definition) is 6. The van der Waals surface area contributed by atoms with Crippen LogP contribution in [0.2, 0.25) is 0 Å². The van der Waals surface area contributed by atoms with Crippen molar-refractivity contribution in [2.75, 3.05) is 41.3 Å². The molecule has 2 aromatic carbocycles. The first-order valence-electron chi connectivity index (χ1n) is 9.52. The lowest BCUT2D eigenvalue weighted by molar-refractivity contribution is 0.622. The molecule has 1 aliphatic rings. The third kappa shape index (κ3) is 4.19. The number of piperazine rings is 1. The number of aromatic nitrogens is 3. The number of benzene rings is 2. The van der Waals surface area contributed by atoms with E-state index in [9.17, 15) is 4.39 Å². The monoisotopic (exact) mass is 378 g/mol. The second kappa shape index (κ2) is 8.21. The number of anilines is 4. The minimum Gasteiger partial charge on any atom is -0.368 e. The van der Waals surface area contributed by atoms with Gasteiger partial charge in [0.2, 0.25) is 5.95 Å². The summed E-state index contributed by atoms with van der Waals surface area (Å²) in [5.41, 5.74) is 3.31. The minimum atomic E-state index is -0.212. The molecule has 0 saturated carbocycles. The van der Waals surface area contributed by atoms with E-state index < -0.39 is 0 Å². The molecule has 1 saturated heterocycles. The van der Waals surface area contributed by atoms with Gasteiger partial charge in [-0.2, -0.15) is 10.1 Å². The van der Waals surface area contributed by atoms with Gasteiger partial charge in [-0.1, -0.05) is 19.1 Å². The summed E-state index contributed by atoms with van der Waals surface area (Å²) in [6, 6.07) is 14.9. The largest absolute Gasteiger partial charge is 0.368 e. The lowest BCUT2D eigenvalue weighted by atomic mass is 10.1. The molecule has 0 aliphatic carbocycles. The molecule has 1 fully saturated rings. The third-order valence-electron chi connectivity index (χ3n) is 4.94. The number of nitrogens with one attached hydrogen (secondary N) is 1. The quantitative estimate of drug-likeness (QED) is 0.732. The average molecular weight is 378 g/mol. The Morgan fingerprint density at radius 2 is 1.61 bits per heavy atom. The molecule has 28 heavy (non-hydrogen) atoms. The molecule has 0 spiro atoms. The van der Waals surface area contributed by atoms with E-state index in [2.05, 4.69) is 49.4 Å².